The minimum Gasteiger partial charge on any atom is -0.383 e. The van der Waals surface area contributed by atoms with Crippen LogP contribution in [0.25, 0.3) is 0 Å². The van der Waals surface area contributed by atoms with Gasteiger partial charge in [0.25, 0.3) is 0 Å². The Bertz CT molecular complexity index is 273. The number of likely N-dealkylation sites (N-methyl/N-ethyl adjacent to an activating group) is 1. The fraction of sp³-hybridized carbons (Fsp3) is 1.00. The predicted molar refractivity (Wildman–Crippen MR) is 87.1 cm³/mol. The van der Waals surface area contributed by atoms with Gasteiger partial charge in [0.05, 0.1) is 6.61 Å². The van der Waals surface area contributed by atoms with Gasteiger partial charge in [-0.2, -0.15) is 0 Å². The number of nitrogens with one attached hydrogen (secondary N) is 1. The summed E-state index contributed by atoms with van der Waals surface area (Å²) >= 11 is 0. The van der Waals surface area contributed by atoms with Gasteiger partial charge in [0.1, 0.15) is 0 Å². The van der Waals surface area contributed by atoms with Crippen LogP contribution in [0.5, 0.6) is 0 Å². The van der Waals surface area contributed by atoms with Crippen LogP contribution in [0.4, 0.5) is 0 Å². The van der Waals surface area contributed by atoms with Crippen LogP contribution in [0.3, 0.4) is 0 Å². The van der Waals surface area contributed by atoms with Crippen molar-refractivity contribution in [1.29, 1.82) is 0 Å². The normalized spacial score (nSPS) is 28.4. The Hall–Kier alpha value is -0.120. The molecular weight excluding hydrogens is 248 g/mol. The second-order valence-electron chi connectivity index (χ2n) is 7.66. The molecule has 0 aromatic rings. The first-order chi connectivity index (χ1) is 9.31. The Balaban J connectivity index is 2.82. The molecule has 3 atom stereocenters. The van der Waals surface area contributed by atoms with E-state index in [0.717, 1.165) is 19.1 Å². The molecule has 0 aliphatic heterocycles. The summed E-state index contributed by atoms with van der Waals surface area (Å²) in [6, 6.07) is 1.82. The minimum atomic E-state index is 0.418. The molecule has 1 N–H and O–H groups in total. The molecule has 1 aliphatic rings. The van der Waals surface area contributed by atoms with Crippen molar-refractivity contribution in [2.24, 2.45) is 11.3 Å². The average Bonchev–Trinajstić information content (AvgIpc) is 2.37. The van der Waals surface area contributed by atoms with Gasteiger partial charge in [0.15, 0.2) is 0 Å². The highest BCUT2D eigenvalue weighted by atomic mass is 16.5. The van der Waals surface area contributed by atoms with E-state index in [0.29, 0.717) is 23.5 Å². The van der Waals surface area contributed by atoms with Gasteiger partial charge in [-0.05, 0) is 51.5 Å². The number of rotatable bonds is 6. The topological polar surface area (TPSA) is 24.5 Å². The second-order valence-corrected chi connectivity index (χ2v) is 7.66. The van der Waals surface area contributed by atoms with Crippen LogP contribution in [0.1, 0.15) is 53.9 Å². The third kappa shape index (κ3) is 4.71. The maximum Gasteiger partial charge on any atom is 0.0589 e. The zero-order valence-corrected chi connectivity index (χ0v) is 14.7. The van der Waals surface area contributed by atoms with Crippen molar-refractivity contribution in [2.45, 2.75) is 72.0 Å². The minimum absolute atomic E-state index is 0.418. The van der Waals surface area contributed by atoms with Crippen LogP contribution in [-0.2, 0) is 4.74 Å². The lowest BCUT2D eigenvalue weighted by Gasteiger charge is -2.47. The third-order valence-electron chi connectivity index (χ3n) is 5.06. The van der Waals surface area contributed by atoms with Crippen molar-refractivity contribution in [1.82, 2.24) is 10.2 Å². The van der Waals surface area contributed by atoms with E-state index < -0.39 is 0 Å². The summed E-state index contributed by atoms with van der Waals surface area (Å²) in [5.41, 5.74) is 0.418. The quantitative estimate of drug-likeness (QED) is 0.811. The van der Waals surface area contributed by atoms with Crippen LogP contribution in [0, 0.1) is 11.3 Å². The molecule has 0 aromatic heterocycles. The van der Waals surface area contributed by atoms with E-state index in [4.69, 9.17) is 4.74 Å². The van der Waals surface area contributed by atoms with Gasteiger partial charge in [-0.3, -0.25) is 4.90 Å². The summed E-state index contributed by atoms with van der Waals surface area (Å²) in [6.07, 6.45) is 3.94. The first kappa shape index (κ1) is 17.9. The lowest BCUT2D eigenvalue weighted by atomic mass is 9.69. The average molecular weight is 284 g/mol. The lowest BCUT2D eigenvalue weighted by Crippen LogP contribution is -2.56. The summed E-state index contributed by atoms with van der Waals surface area (Å²) in [4.78, 5) is 2.64. The Labute approximate surface area is 126 Å². The van der Waals surface area contributed by atoms with Gasteiger partial charge >= 0.3 is 0 Å². The number of ether oxygens (including phenoxy) is 1. The molecule has 0 saturated heterocycles. The number of nitrogens with zero attached hydrogens (tertiary/aromatic N) is 1. The molecule has 120 valence electrons. The van der Waals surface area contributed by atoms with E-state index in [1.807, 2.05) is 0 Å². The molecule has 0 bridgehead atoms. The van der Waals surface area contributed by atoms with Crippen LogP contribution < -0.4 is 5.32 Å². The van der Waals surface area contributed by atoms with Crippen LogP contribution in [0.2, 0.25) is 0 Å². The molecule has 1 aliphatic carbocycles. The first-order valence-corrected chi connectivity index (χ1v) is 8.23. The van der Waals surface area contributed by atoms with Crippen molar-refractivity contribution < 1.29 is 4.74 Å². The summed E-state index contributed by atoms with van der Waals surface area (Å²) in [6.45, 7) is 13.7. The summed E-state index contributed by atoms with van der Waals surface area (Å²) in [5.74, 6) is 0.820. The molecule has 3 unspecified atom stereocenters. The lowest BCUT2D eigenvalue weighted by molar-refractivity contribution is 0.0266. The summed E-state index contributed by atoms with van der Waals surface area (Å²) in [5, 5.41) is 3.56. The smallest absolute Gasteiger partial charge is 0.0589 e. The highest BCUT2D eigenvalue weighted by Gasteiger charge is 2.38. The van der Waals surface area contributed by atoms with Crippen LogP contribution >= 0.6 is 0 Å². The van der Waals surface area contributed by atoms with Crippen LogP contribution in [0.15, 0.2) is 0 Å². The van der Waals surface area contributed by atoms with Gasteiger partial charge < -0.3 is 10.1 Å². The van der Waals surface area contributed by atoms with E-state index in [-0.39, 0.29) is 0 Å². The standard InChI is InChI=1S/C17H36N2O/c1-13(2)19(10-11-20-7)16-12-14(17(3,4)5)8-9-15(16)18-6/h13-16,18H,8-12H2,1-7H3. The van der Waals surface area contributed by atoms with Gasteiger partial charge in [0.2, 0.25) is 0 Å². The fourth-order valence-electron chi connectivity index (χ4n) is 3.64. The van der Waals surface area contributed by atoms with Gasteiger partial charge in [-0.25, -0.2) is 0 Å². The van der Waals surface area contributed by atoms with Gasteiger partial charge in [-0.15, -0.1) is 0 Å². The van der Waals surface area contributed by atoms with Crippen molar-refractivity contribution in [3.05, 3.63) is 0 Å². The van der Waals surface area contributed by atoms with Gasteiger partial charge in [0, 0.05) is 31.8 Å². The van der Waals surface area contributed by atoms with E-state index >= 15 is 0 Å². The molecule has 0 spiro atoms. The Morgan fingerprint density at radius 3 is 2.35 bits per heavy atom. The molecule has 1 rings (SSSR count). The highest BCUT2D eigenvalue weighted by Crippen LogP contribution is 2.39. The van der Waals surface area contributed by atoms with E-state index in [9.17, 15) is 0 Å². The van der Waals surface area contributed by atoms with Gasteiger partial charge in [-0.1, -0.05) is 20.8 Å². The second kappa shape index (κ2) is 7.77. The van der Waals surface area contributed by atoms with Crippen LogP contribution in [-0.4, -0.2) is 50.3 Å². The summed E-state index contributed by atoms with van der Waals surface area (Å²) in [7, 11) is 3.91. The highest BCUT2D eigenvalue weighted by molar-refractivity contribution is 4.94. The molecule has 0 aromatic carbocycles. The SMILES string of the molecule is CNC1CCC(C(C)(C)C)CC1N(CCOC)C(C)C. The van der Waals surface area contributed by atoms with Crippen molar-refractivity contribution >= 4 is 0 Å². The molecule has 3 nitrogen and oxygen atoms in total. The first-order valence-electron chi connectivity index (χ1n) is 8.23. The van der Waals surface area contributed by atoms with Crippen molar-refractivity contribution in [3.8, 4) is 0 Å². The molecule has 3 heteroatoms. The monoisotopic (exact) mass is 284 g/mol. The molecule has 0 amide bonds. The zero-order chi connectivity index (χ0) is 15.3. The van der Waals surface area contributed by atoms with Crippen molar-refractivity contribution in [3.63, 3.8) is 0 Å². The molecule has 1 fully saturated rings. The maximum absolute atomic E-state index is 5.31. The van der Waals surface area contributed by atoms with E-state index in [1.54, 1.807) is 7.11 Å². The van der Waals surface area contributed by atoms with Crippen molar-refractivity contribution in [2.75, 3.05) is 27.3 Å². The van der Waals surface area contributed by atoms with E-state index in [1.165, 1.54) is 19.3 Å². The predicted octanol–water partition coefficient (Wildman–Crippen LogP) is 3.15. The number of hydrogen-bond donors (Lipinski definition) is 1. The summed E-state index contributed by atoms with van der Waals surface area (Å²) < 4.78 is 5.31. The zero-order valence-electron chi connectivity index (χ0n) is 14.7. The Morgan fingerprint density at radius 1 is 1.25 bits per heavy atom. The third-order valence-corrected chi connectivity index (χ3v) is 5.06. The molecule has 1 saturated carbocycles. The Morgan fingerprint density at radius 2 is 1.90 bits per heavy atom. The maximum atomic E-state index is 5.31. The Kier molecular flexibility index (Phi) is 6.96. The van der Waals surface area contributed by atoms with E-state index in [2.05, 4.69) is 51.9 Å². The fourth-order valence-corrected chi connectivity index (χ4v) is 3.64. The largest absolute Gasteiger partial charge is 0.383 e. The molecular formula is C17H36N2O. The number of methoxy groups -OCH3 is 1. The molecule has 0 radical (unpaired) electrons. The molecule has 0 heterocycles. The molecule has 20 heavy (non-hydrogen) atoms. The number of hydrogen-bond acceptors (Lipinski definition) is 3.